The predicted octanol–water partition coefficient (Wildman–Crippen LogP) is 1.22. The Labute approximate surface area is 84.2 Å². The first-order chi connectivity index (χ1) is 6.77. The van der Waals surface area contributed by atoms with Gasteiger partial charge in [0.2, 0.25) is 0 Å². The van der Waals surface area contributed by atoms with Crippen LogP contribution < -0.4 is 5.32 Å². The van der Waals surface area contributed by atoms with Crippen molar-refractivity contribution in [2.45, 2.75) is 50.2 Å². The third-order valence-corrected chi connectivity index (χ3v) is 4.13. The van der Waals surface area contributed by atoms with E-state index in [1.165, 1.54) is 19.3 Å². The lowest BCUT2D eigenvalue weighted by Crippen LogP contribution is -2.46. The number of esters is 1. The summed E-state index contributed by atoms with van der Waals surface area (Å²) in [5.74, 6) is 0.525. The number of fused-ring (bicyclic) bond motifs is 1. The number of carbonyl (C=O) groups excluding carboxylic acids is 1. The van der Waals surface area contributed by atoms with E-state index in [1.54, 1.807) is 0 Å². The van der Waals surface area contributed by atoms with Crippen molar-refractivity contribution in [2.24, 2.45) is 5.92 Å². The van der Waals surface area contributed by atoms with Crippen LogP contribution in [0.1, 0.15) is 38.5 Å². The molecule has 78 valence electrons. The van der Waals surface area contributed by atoms with E-state index in [0.29, 0.717) is 17.9 Å². The highest BCUT2D eigenvalue weighted by Crippen LogP contribution is 2.43. The van der Waals surface area contributed by atoms with E-state index >= 15 is 0 Å². The first-order valence-electron chi connectivity index (χ1n) is 5.72. The first-order valence-corrected chi connectivity index (χ1v) is 5.72. The third-order valence-electron chi connectivity index (χ3n) is 4.13. The average molecular weight is 195 g/mol. The Kier molecular flexibility index (Phi) is 1.84. The normalized spacial score (nSPS) is 46.7. The third kappa shape index (κ3) is 1.26. The van der Waals surface area contributed by atoms with Gasteiger partial charge >= 0.3 is 5.97 Å². The smallest absolute Gasteiger partial charge is 0.306 e. The van der Waals surface area contributed by atoms with E-state index in [1.807, 2.05) is 0 Å². The molecule has 1 saturated carbocycles. The molecule has 3 fully saturated rings. The molecule has 14 heavy (non-hydrogen) atoms. The fourth-order valence-electron chi connectivity index (χ4n) is 3.44. The van der Waals surface area contributed by atoms with E-state index in [9.17, 15) is 4.79 Å². The maximum atomic E-state index is 11.2. The summed E-state index contributed by atoms with van der Waals surface area (Å²) in [6, 6.07) is 0. The lowest BCUT2D eigenvalue weighted by atomic mass is 9.73. The van der Waals surface area contributed by atoms with Crippen LogP contribution in [0, 0.1) is 5.92 Å². The number of rotatable bonds is 0. The Morgan fingerprint density at radius 3 is 3.14 bits per heavy atom. The van der Waals surface area contributed by atoms with Gasteiger partial charge in [0.05, 0.1) is 6.42 Å². The summed E-state index contributed by atoms with van der Waals surface area (Å²) in [4.78, 5) is 11.2. The van der Waals surface area contributed by atoms with E-state index in [0.717, 1.165) is 19.4 Å². The molecule has 1 aliphatic carbocycles. The summed E-state index contributed by atoms with van der Waals surface area (Å²) >= 11 is 0. The van der Waals surface area contributed by atoms with Gasteiger partial charge in [-0.15, -0.1) is 0 Å². The maximum absolute atomic E-state index is 11.2. The van der Waals surface area contributed by atoms with Gasteiger partial charge in [0.15, 0.2) is 0 Å². The highest BCUT2D eigenvalue weighted by Gasteiger charge is 2.47. The lowest BCUT2D eigenvalue weighted by molar-refractivity contribution is -0.142. The standard InChI is InChI=1S/C11H17NO2/c13-10-6-8-7-11(3-1-5-12-11)4-2-9(8)14-10/h8-9,12H,1-7H2/t8-,9+,11-/m0/s1. The molecule has 0 amide bonds. The van der Waals surface area contributed by atoms with Crippen LogP contribution in [0.3, 0.4) is 0 Å². The minimum Gasteiger partial charge on any atom is -0.462 e. The van der Waals surface area contributed by atoms with Crippen molar-refractivity contribution in [2.75, 3.05) is 6.54 Å². The molecule has 0 aromatic rings. The molecule has 3 heteroatoms. The van der Waals surface area contributed by atoms with Crippen molar-refractivity contribution in [3.8, 4) is 0 Å². The zero-order valence-electron chi connectivity index (χ0n) is 8.42. The van der Waals surface area contributed by atoms with E-state index < -0.39 is 0 Å². The van der Waals surface area contributed by atoms with Gasteiger partial charge in [-0.1, -0.05) is 0 Å². The highest BCUT2D eigenvalue weighted by atomic mass is 16.5. The molecule has 0 bridgehead atoms. The first kappa shape index (κ1) is 8.72. The van der Waals surface area contributed by atoms with Gasteiger partial charge in [-0.3, -0.25) is 4.79 Å². The molecule has 3 aliphatic rings. The Balaban J connectivity index is 1.74. The second-order valence-corrected chi connectivity index (χ2v) is 5.05. The lowest BCUT2D eigenvalue weighted by Gasteiger charge is -2.38. The van der Waals surface area contributed by atoms with Gasteiger partial charge in [0.1, 0.15) is 6.10 Å². The maximum Gasteiger partial charge on any atom is 0.306 e. The molecular weight excluding hydrogens is 178 g/mol. The SMILES string of the molecule is O=C1C[C@H]2C[C@]3(CCCN3)CC[C@H]2O1. The minimum absolute atomic E-state index is 0.0232. The molecule has 0 radical (unpaired) electrons. The molecule has 0 aromatic heterocycles. The van der Waals surface area contributed by atoms with Crippen LogP contribution in [-0.2, 0) is 9.53 Å². The topological polar surface area (TPSA) is 38.3 Å². The molecule has 1 N–H and O–H groups in total. The number of nitrogens with one attached hydrogen (secondary N) is 1. The van der Waals surface area contributed by atoms with Crippen LogP contribution in [-0.4, -0.2) is 24.2 Å². The van der Waals surface area contributed by atoms with E-state index in [4.69, 9.17) is 4.74 Å². The highest BCUT2D eigenvalue weighted by molar-refractivity contribution is 5.72. The van der Waals surface area contributed by atoms with Crippen LogP contribution in [0.4, 0.5) is 0 Å². The zero-order chi connectivity index (χ0) is 9.60. The second-order valence-electron chi connectivity index (χ2n) is 5.05. The number of hydrogen-bond donors (Lipinski definition) is 1. The van der Waals surface area contributed by atoms with Crippen LogP contribution >= 0.6 is 0 Å². The molecular formula is C11H17NO2. The van der Waals surface area contributed by atoms with Crippen molar-refractivity contribution in [1.82, 2.24) is 5.32 Å². The van der Waals surface area contributed by atoms with Gasteiger partial charge in [-0.2, -0.15) is 0 Å². The Morgan fingerprint density at radius 2 is 2.36 bits per heavy atom. The molecule has 3 rings (SSSR count). The van der Waals surface area contributed by atoms with Crippen LogP contribution in [0.5, 0.6) is 0 Å². The Morgan fingerprint density at radius 1 is 1.43 bits per heavy atom. The average Bonchev–Trinajstić information content (AvgIpc) is 2.72. The number of ether oxygens (including phenoxy) is 1. The number of hydrogen-bond acceptors (Lipinski definition) is 3. The Bertz CT molecular complexity index is 258. The van der Waals surface area contributed by atoms with Crippen molar-refractivity contribution >= 4 is 5.97 Å². The minimum atomic E-state index is 0.0232. The number of carbonyl (C=O) groups is 1. The van der Waals surface area contributed by atoms with Crippen molar-refractivity contribution in [1.29, 1.82) is 0 Å². The largest absolute Gasteiger partial charge is 0.462 e. The molecule has 0 unspecified atom stereocenters. The van der Waals surface area contributed by atoms with Crippen molar-refractivity contribution in [3.63, 3.8) is 0 Å². The van der Waals surface area contributed by atoms with Crippen molar-refractivity contribution < 1.29 is 9.53 Å². The van der Waals surface area contributed by atoms with E-state index in [2.05, 4.69) is 5.32 Å². The summed E-state index contributed by atoms with van der Waals surface area (Å²) in [7, 11) is 0. The van der Waals surface area contributed by atoms with Crippen LogP contribution in [0.15, 0.2) is 0 Å². The van der Waals surface area contributed by atoms with Crippen LogP contribution in [0.2, 0.25) is 0 Å². The molecule has 2 saturated heterocycles. The van der Waals surface area contributed by atoms with Gasteiger partial charge in [0, 0.05) is 11.5 Å². The molecule has 1 spiro atoms. The fourth-order valence-corrected chi connectivity index (χ4v) is 3.44. The monoisotopic (exact) mass is 195 g/mol. The van der Waals surface area contributed by atoms with Crippen molar-refractivity contribution in [3.05, 3.63) is 0 Å². The quantitative estimate of drug-likeness (QED) is 0.591. The van der Waals surface area contributed by atoms with Gasteiger partial charge in [0.25, 0.3) is 0 Å². The van der Waals surface area contributed by atoms with Gasteiger partial charge in [-0.25, -0.2) is 0 Å². The molecule has 0 aromatic carbocycles. The Hall–Kier alpha value is -0.570. The molecule has 3 nitrogen and oxygen atoms in total. The predicted molar refractivity (Wildman–Crippen MR) is 51.8 cm³/mol. The van der Waals surface area contributed by atoms with Crippen LogP contribution in [0.25, 0.3) is 0 Å². The molecule has 2 heterocycles. The fraction of sp³-hybridized carbons (Fsp3) is 0.909. The van der Waals surface area contributed by atoms with Gasteiger partial charge < -0.3 is 10.1 Å². The summed E-state index contributed by atoms with van der Waals surface area (Å²) in [6.07, 6.45) is 6.93. The summed E-state index contributed by atoms with van der Waals surface area (Å²) in [6.45, 7) is 1.16. The second kappa shape index (κ2) is 2.96. The summed E-state index contributed by atoms with van der Waals surface area (Å²) in [5, 5.41) is 3.63. The molecule has 2 aliphatic heterocycles. The van der Waals surface area contributed by atoms with Gasteiger partial charge in [-0.05, 0) is 38.6 Å². The molecule has 3 atom stereocenters. The zero-order valence-corrected chi connectivity index (χ0v) is 8.42. The summed E-state index contributed by atoms with van der Waals surface area (Å²) in [5.41, 5.74) is 0.370. The van der Waals surface area contributed by atoms with E-state index in [-0.39, 0.29) is 12.1 Å². The summed E-state index contributed by atoms with van der Waals surface area (Å²) < 4.78 is 5.30.